The standard InChI is InChI=1S/C10H14N2OS/c1-12(6-8-2-3-14-7-8)10(13)9-4-11-5-9/h2-3,7,9,11H,4-6H2,1H3. The zero-order chi connectivity index (χ0) is 9.97. The van der Waals surface area contributed by atoms with Gasteiger partial charge in [-0.1, -0.05) is 0 Å². The van der Waals surface area contributed by atoms with Gasteiger partial charge in [-0.2, -0.15) is 11.3 Å². The first-order chi connectivity index (χ1) is 6.77. The molecule has 0 aliphatic carbocycles. The minimum Gasteiger partial charge on any atom is -0.341 e. The third kappa shape index (κ3) is 1.96. The molecule has 0 atom stereocenters. The van der Waals surface area contributed by atoms with E-state index in [2.05, 4.69) is 16.8 Å². The lowest BCUT2D eigenvalue weighted by Gasteiger charge is -2.30. The molecular formula is C10H14N2OS. The summed E-state index contributed by atoms with van der Waals surface area (Å²) in [6.07, 6.45) is 0. The Kier molecular flexibility index (Phi) is 2.84. The van der Waals surface area contributed by atoms with Crippen molar-refractivity contribution in [3.05, 3.63) is 22.4 Å². The van der Waals surface area contributed by atoms with Crippen molar-refractivity contribution in [3.8, 4) is 0 Å². The molecule has 3 nitrogen and oxygen atoms in total. The van der Waals surface area contributed by atoms with Crippen molar-refractivity contribution in [3.63, 3.8) is 0 Å². The summed E-state index contributed by atoms with van der Waals surface area (Å²) in [7, 11) is 1.87. The van der Waals surface area contributed by atoms with Gasteiger partial charge in [0, 0.05) is 26.7 Å². The highest BCUT2D eigenvalue weighted by Gasteiger charge is 2.27. The maximum atomic E-state index is 11.7. The topological polar surface area (TPSA) is 32.3 Å². The predicted octanol–water partition coefficient (Wildman–Crippen LogP) is 0.926. The molecule has 0 unspecified atom stereocenters. The van der Waals surface area contributed by atoms with Gasteiger partial charge in [-0.05, 0) is 22.4 Å². The summed E-state index contributed by atoms with van der Waals surface area (Å²) >= 11 is 1.67. The molecule has 1 aliphatic rings. The molecule has 0 spiro atoms. The average molecular weight is 210 g/mol. The highest BCUT2D eigenvalue weighted by atomic mass is 32.1. The van der Waals surface area contributed by atoms with Crippen molar-refractivity contribution < 1.29 is 4.79 Å². The van der Waals surface area contributed by atoms with Gasteiger partial charge >= 0.3 is 0 Å². The van der Waals surface area contributed by atoms with Crippen molar-refractivity contribution in [1.29, 1.82) is 0 Å². The molecule has 0 aromatic carbocycles. The van der Waals surface area contributed by atoms with Crippen LogP contribution in [0.25, 0.3) is 0 Å². The van der Waals surface area contributed by atoms with E-state index in [1.54, 1.807) is 11.3 Å². The monoisotopic (exact) mass is 210 g/mol. The van der Waals surface area contributed by atoms with Gasteiger partial charge in [-0.3, -0.25) is 4.79 Å². The van der Waals surface area contributed by atoms with Gasteiger partial charge in [0.2, 0.25) is 5.91 Å². The lowest BCUT2D eigenvalue weighted by molar-refractivity contribution is -0.136. The number of rotatable bonds is 3. The van der Waals surface area contributed by atoms with E-state index < -0.39 is 0 Å². The summed E-state index contributed by atoms with van der Waals surface area (Å²) in [5.74, 6) is 0.466. The number of thiophene rings is 1. The van der Waals surface area contributed by atoms with Crippen molar-refractivity contribution >= 4 is 17.2 Å². The molecule has 1 N–H and O–H groups in total. The van der Waals surface area contributed by atoms with Gasteiger partial charge in [-0.15, -0.1) is 0 Å². The average Bonchev–Trinajstić information content (AvgIpc) is 2.53. The first-order valence-corrected chi connectivity index (χ1v) is 5.68. The third-order valence-corrected chi connectivity index (χ3v) is 3.24. The summed E-state index contributed by atoms with van der Waals surface area (Å²) in [6, 6.07) is 2.06. The first kappa shape index (κ1) is 9.68. The molecule has 0 saturated carbocycles. The molecule has 76 valence electrons. The van der Waals surface area contributed by atoms with Crippen LogP contribution in [0.5, 0.6) is 0 Å². The van der Waals surface area contributed by atoms with Crippen LogP contribution in [0.15, 0.2) is 16.8 Å². The van der Waals surface area contributed by atoms with E-state index in [1.165, 1.54) is 5.56 Å². The van der Waals surface area contributed by atoms with Gasteiger partial charge in [0.25, 0.3) is 0 Å². The fourth-order valence-electron chi connectivity index (χ4n) is 1.51. The molecule has 4 heteroatoms. The number of carbonyl (C=O) groups excluding carboxylic acids is 1. The normalized spacial score (nSPS) is 16.4. The molecule has 0 bridgehead atoms. The summed E-state index contributed by atoms with van der Waals surface area (Å²) in [5, 5.41) is 7.24. The lowest BCUT2D eigenvalue weighted by Crippen LogP contribution is -2.50. The van der Waals surface area contributed by atoms with Gasteiger partial charge in [0.05, 0.1) is 5.92 Å². The molecule has 1 saturated heterocycles. The van der Waals surface area contributed by atoms with Crippen molar-refractivity contribution in [1.82, 2.24) is 10.2 Å². The second kappa shape index (κ2) is 4.11. The highest BCUT2D eigenvalue weighted by Crippen LogP contribution is 2.12. The fourth-order valence-corrected chi connectivity index (χ4v) is 2.17. The van der Waals surface area contributed by atoms with Gasteiger partial charge < -0.3 is 10.2 Å². The Hall–Kier alpha value is -0.870. The largest absolute Gasteiger partial charge is 0.341 e. The SMILES string of the molecule is CN(Cc1ccsc1)C(=O)C1CNC1. The second-order valence-corrected chi connectivity index (χ2v) is 4.46. The summed E-state index contributed by atoms with van der Waals surface area (Å²) in [5.41, 5.74) is 1.22. The van der Waals surface area contributed by atoms with E-state index in [4.69, 9.17) is 0 Å². The molecule has 1 aromatic rings. The predicted molar refractivity (Wildman–Crippen MR) is 57.2 cm³/mol. The summed E-state index contributed by atoms with van der Waals surface area (Å²) < 4.78 is 0. The maximum absolute atomic E-state index is 11.7. The quantitative estimate of drug-likeness (QED) is 0.805. The van der Waals surface area contributed by atoms with Gasteiger partial charge in [-0.25, -0.2) is 0 Å². The van der Waals surface area contributed by atoms with Crippen LogP contribution in [-0.2, 0) is 11.3 Å². The van der Waals surface area contributed by atoms with Crippen LogP contribution < -0.4 is 5.32 Å². The highest BCUT2D eigenvalue weighted by molar-refractivity contribution is 7.07. The minimum absolute atomic E-state index is 0.207. The molecule has 2 heterocycles. The Morgan fingerprint density at radius 2 is 2.50 bits per heavy atom. The first-order valence-electron chi connectivity index (χ1n) is 4.74. The molecule has 1 fully saturated rings. The van der Waals surface area contributed by atoms with Crippen LogP contribution in [0.4, 0.5) is 0 Å². The zero-order valence-corrected chi connectivity index (χ0v) is 9.01. The number of hydrogen-bond donors (Lipinski definition) is 1. The van der Waals surface area contributed by atoms with Crippen LogP contribution in [0, 0.1) is 5.92 Å². The van der Waals surface area contributed by atoms with E-state index >= 15 is 0 Å². The van der Waals surface area contributed by atoms with Gasteiger partial charge in [0.15, 0.2) is 0 Å². The maximum Gasteiger partial charge on any atom is 0.228 e. The third-order valence-electron chi connectivity index (χ3n) is 2.51. The Bertz CT molecular complexity index is 306. The molecule has 1 aromatic heterocycles. The number of carbonyl (C=O) groups is 1. The number of nitrogens with one attached hydrogen (secondary N) is 1. The Morgan fingerprint density at radius 1 is 1.71 bits per heavy atom. The molecule has 14 heavy (non-hydrogen) atoms. The molecule has 1 amide bonds. The van der Waals surface area contributed by atoms with Crippen LogP contribution >= 0.6 is 11.3 Å². The number of amides is 1. The number of nitrogens with zero attached hydrogens (tertiary/aromatic N) is 1. The molecular weight excluding hydrogens is 196 g/mol. The van der Waals surface area contributed by atoms with Crippen molar-refractivity contribution in [2.45, 2.75) is 6.54 Å². The smallest absolute Gasteiger partial charge is 0.228 e. The van der Waals surface area contributed by atoms with E-state index in [-0.39, 0.29) is 11.8 Å². The Morgan fingerprint density at radius 3 is 3.00 bits per heavy atom. The van der Waals surface area contributed by atoms with Gasteiger partial charge in [0.1, 0.15) is 0 Å². The van der Waals surface area contributed by atoms with E-state index in [1.807, 2.05) is 17.3 Å². The van der Waals surface area contributed by atoms with E-state index in [0.717, 1.165) is 19.6 Å². The Labute approximate surface area is 87.7 Å². The fraction of sp³-hybridized carbons (Fsp3) is 0.500. The summed E-state index contributed by atoms with van der Waals surface area (Å²) in [4.78, 5) is 13.6. The van der Waals surface area contributed by atoms with E-state index in [9.17, 15) is 4.79 Å². The molecule has 2 rings (SSSR count). The van der Waals surface area contributed by atoms with Crippen LogP contribution in [0.2, 0.25) is 0 Å². The second-order valence-electron chi connectivity index (χ2n) is 3.68. The number of hydrogen-bond acceptors (Lipinski definition) is 3. The van der Waals surface area contributed by atoms with E-state index in [0.29, 0.717) is 0 Å². The lowest BCUT2D eigenvalue weighted by atomic mass is 10.0. The van der Waals surface area contributed by atoms with Crippen molar-refractivity contribution in [2.75, 3.05) is 20.1 Å². The zero-order valence-electron chi connectivity index (χ0n) is 8.19. The summed E-state index contributed by atoms with van der Waals surface area (Å²) in [6.45, 7) is 2.42. The molecule has 1 aliphatic heterocycles. The van der Waals surface area contributed by atoms with Crippen molar-refractivity contribution in [2.24, 2.45) is 5.92 Å². The Balaban J connectivity index is 1.88. The van der Waals surface area contributed by atoms with Crippen LogP contribution in [-0.4, -0.2) is 30.9 Å². The minimum atomic E-state index is 0.207. The van der Waals surface area contributed by atoms with Crippen LogP contribution in [0.3, 0.4) is 0 Å². The van der Waals surface area contributed by atoms with Crippen LogP contribution in [0.1, 0.15) is 5.56 Å². The molecule has 0 radical (unpaired) electrons.